The molecule has 0 fully saturated rings. The summed E-state index contributed by atoms with van der Waals surface area (Å²) in [6, 6.07) is 21.5. The summed E-state index contributed by atoms with van der Waals surface area (Å²) in [5.41, 5.74) is 3.11. The molecule has 3 rings (SSSR count). The Kier molecular flexibility index (Phi) is 10.8. The van der Waals surface area contributed by atoms with Crippen LogP contribution in [0.5, 0.6) is 0 Å². The second-order valence-electron chi connectivity index (χ2n) is 10.3. The maximum Gasteiger partial charge on any atom is 0.243 e. The summed E-state index contributed by atoms with van der Waals surface area (Å²) < 4.78 is 40.0. The van der Waals surface area contributed by atoms with Crippen molar-refractivity contribution in [2.45, 2.75) is 58.7 Å². The van der Waals surface area contributed by atoms with Crippen molar-refractivity contribution >= 4 is 27.5 Å². The second-order valence-corrected chi connectivity index (χ2v) is 12.2. The van der Waals surface area contributed by atoms with Crippen molar-refractivity contribution < 1.29 is 22.4 Å². The highest BCUT2D eigenvalue weighted by Crippen LogP contribution is 2.21. The molecule has 40 heavy (non-hydrogen) atoms. The number of amides is 2. The van der Waals surface area contributed by atoms with E-state index in [1.807, 2.05) is 63.2 Å². The summed E-state index contributed by atoms with van der Waals surface area (Å²) in [6.45, 7) is 5.85. The Bertz CT molecular complexity index is 1360. The third-order valence-corrected chi connectivity index (χ3v) is 7.64. The van der Waals surface area contributed by atoms with Gasteiger partial charge in [-0.15, -0.1) is 0 Å². The van der Waals surface area contributed by atoms with Crippen LogP contribution in [-0.4, -0.2) is 50.0 Å². The molecule has 0 aliphatic rings. The van der Waals surface area contributed by atoms with Crippen molar-refractivity contribution in [2.75, 3.05) is 17.1 Å². The first-order valence-electron chi connectivity index (χ1n) is 13.4. The fraction of sp³-hybridized carbons (Fsp3) is 0.355. The van der Waals surface area contributed by atoms with Crippen LogP contribution in [0.25, 0.3) is 0 Å². The number of aryl methyl sites for hydroxylation is 1. The number of sulfonamides is 1. The van der Waals surface area contributed by atoms with E-state index in [0.717, 1.165) is 17.4 Å². The molecule has 3 aromatic rings. The maximum absolute atomic E-state index is 13.8. The summed E-state index contributed by atoms with van der Waals surface area (Å²) in [5.74, 6) is -0.967. The number of benzene rings is 3. The van der Waals surface area contributed by atoms with E-state index in [0.29, 0.717) is 17.7 Å². The number of hydrogen-bond acceptors (Lipinski definition) is 4. The van der Waals surface area contributed by atoms with Crippen LogP contribution in [0.3, 0.4) is 0 Å². The van der Waals surface area contributed by atoms with Crippen LogP contribution in [0.2, 0.25) is 0 Å². The Labute approximate surface area is 237 Å². The van der Waals surface area contributed by atoms with Crippen molar-refractivity contribution in [3.8, 4) is 0 Å². The predicted molar refractivity (Wildman–Crippen MR) is 157 cm³/mol. The summed E-state index contributed by atoms with van der Waals surface area (Å²) in [7, 11) is -3.58. The quantitative estimate of drug-likeness (QED) is 0.320. The molecule has 0 aromatic heterocycles. The molecule has 0 aliphatic heterocycles. The lowest BCUT2D eigenvalue weighted by Crippen LogP contribution is -2.51. The molecular formula is C31H38FN3O4S. The molecule has 7 nitrogen and oxygen atoms in total. The number of halogens is 1. The van der Waals surface area contributed by atoms with Crippen molar-refractivity contribution in [1.29, 1.82) is 0 Å². The average Bonchev–Trinajstić information content (AvgIpc) is 2.90. The Morgan fingerprint density at radius 1 is 0.900 bits per heavy atom. The predicted octanol–water partition coefficient (Wildman–Crippen LogP) is 4.85. The fourth-order valence-electron chi connectivity index (χ4n) is 4.44. The van der Waals surface area contributed by atoms with Crippen LogP contribution in [0.1, 0.15) is 43.4 Å². The molecule has 1 unspecified atom stereocenters. The molecule has 0 radical (unpaired) electrons. The van der Waals surface area contributed by atoms with E-state index in [1.54, 1.807) is 24.3 Å². The Balaban J connectivity index is 1.87. The molecule has 0 saturated carbocycles. The zero-order valence-corrected chi connectivity index (χ0v) is 24.3. The highest BCUT2D eigenvalue weighted by atomic mass is 32.2. The van der Waals surface area contributed by atoms with E-state index < -0.39 is 21.9 Å². The number of nitrogens with one attached hydrogen (secondary N) is 1. The third kappa shape index (κ3) is 9.19. The van der Waals surface area contributed by atoms with Gasteiger partial charge in [0.05, 0.1) is 11.9 Å². The molecule has 3 aromatic carbocycles. The van der Waals surface area contributed by atoms with Gasteiger partial charge in [0, 0.05) is 32.0 Å². The van der Waals surface area contributed by atoms with Gasteiger partial charge in [-0.3, -0.25) is 13.9 Å². The summed E-state index contributed by atoms with van der Waals surface area (Å²) in [6.07, 6.45) is 1.72. The Hall–Kier alpha value is -3.72. The van der Waals surface area contributed by atoms with Crippen LogP contribution >= 0.6 is 0 Å². The van der Waals surface area contributed by atoms with Crippen LogP contribution in [-0.2, 0) is 32.6 Å². The standard InChI is InChI=1S/C31H38FN3O4S/c1-23(2)33-31(37)29(21-25-9-6-5-7-10-25)34(22-26-14-16-27(32)17-15-26)30(36)11-8-20-35(40(4,38)39)28-18-12-24(3)13-19-28/h5-7,9-10,12-19,23,29H,8,11,20-22H2,1-4H3,(H,33,37). The molecule has 1 N–H and O–H groups in total. The number of rotatable bonds is 13. The summed E-state index contributed by atoms with van der Waals surface area (Å²) in [5, 5.41) is 2.93. The number of carbonyl (C=O) groups excluding carboxylic acids is 2. The smallest absolute Gasteiger partial charge is 0.243 e. The zero-order valence-electron chi connectivity index (χ0n) is 23.5. The SMILES string of the molecule is Cc1ccc(N(CCCC(=O)N(Cc2ccc(F)cc2)C(Cc2ccccc2)C(=O)NC(C)C)S(C)(=O)=O)cc1. The summed E-state index contributed by atoms with van der Waals surface area (Å²) >= 11 is 0. The van der Waals surface area contributed by atoms with Gasteiger partial charge in [-0.1, -0.05) is 60.2 Å². The Morgan fingerprint density at radius 2 is 1.52 bits per heavy atom. The highest BCUT2D eigenvalue weighted by Gasteiger charge is 2.31. The van der Waals surface area contributed by atoms with Crippen LogP contribution < -0.4 is 9.62 Å². The minimum absolute atomic E-state index is 0.0271. The van der Waals surface area contributed by atoms with Gasteiger partial charge in [-0.05, 0) is 62.6 Å². The summed E-state index contributed by atoms with van der Waals surface area (Å²) in [4.78, 5) is 28.7. The molecule has 2 amide bonds. The molecule has 1 atom stereocenters. The first kappa shape index (κ1) is 30.8. The van der Waals surface area contributed by atoms with Crippen LogP contribution in [0.15, 0.2) is 78.9 Å². The highest BCUT2D eigenvalue weighted by molar-refractivity contribution is 7.92. The molecule has 9 heteroatoms. The average molecular weight is 568 g/mol. The molecule has 0 saturated heterocycles. The molecule has 0 bridgehead atoms. The van der Waals surface area contributed by atoms with Crippen molar-refractivity contribution in [2.24, 2.45) is 0 Å². The van der Waals surface area contributed by atoms with Gasteiger partial charge < -0.3 is 10.2 Å². The molecule has 0 heterocycles. The van der Waals surface area contributed by atoms with E-state index in [9.17, 15) is 22.4 Å². The molecule has 0 aliphatic carbocycles. The van der Waals surface area contributed by atoms with Gasteiger partial charge in [-0.2, -0.15) is 0 Å². The van der Waals surface area contributed by atoms with Gasteiger partial charge in [-0.25, -0.2) is 12.8 Å². The zero-order chi connectivity index (χ0) is 29.3. The minimum Gasteiger partial charge on any atom is -0.352 e. The van der Waals surface area contributed by atoms with E-state index in [1.165, 1.54) is 21.3 Å². The number of anilines is 1. The van der Waals surface area contributed by atoms with Crippen molar-refractivity contribution in [3.63, 3.8) is 0 Å². The van der Waals surface area contributed by atoms with E-state index in [2.05, 4.69) is 5.32 Å². The van der Waals surface area contributed by atoms with Gasteiger partial charge in [0.15, 0.2) is 0 Å². The first-order valence-corrected chi connectivity index (χ1v) is 15.2. The van der Waals surface area contributed by atoms with Gasteiger partial charge in [0.1, 0.15) is 11.9 Å². The van der Waals surface area contributed by atoms with Gasteiger partial charge in [0.2, 0.25) is 21.8 Å². The van der Waals surface area contributed by atoms with Gasteiger partial charge >= 0.3 is 0 Å². The fourth-order valence-corrected chi connectivity index (χ4v) is 5.40. The largest absolute Gasteiger partial charge is 0.352 e. The van der Waals surface area contributed by atoms with E-state index in [4.69, 9.17) is 0 Å². The van der Waals surface area contributed by atoms with Crippen molar-refractivity contribution in [3.05, 3.63) is 101 Å². The van der Waals surface area contributed by atoms with Crippen LogP contribution in [0, 0.1) is 12.7 Å². The third-order valence-electron chi connectivity index (χ3n) is 6.44. The lowest BCUT2D eigenvalue weighted by atomic mass is 10.0. The topological polar surface area (TPSA) is 86.8 Å². The number of hydrogen-bond donors (Lipinski definition) is 1. The van der Waals surface area contributed by atoms with Crippen LogP contribution in [0.4, 0.5) is 10.1 Å². The van der Waals surface area contributed by atoms with E-state index >= 15 is 0 Å². The minimum atomic E-state index is -3.58. The number of nitrogens with zero attached hydrogens (tertiary/aromatic N) is 2. The Morgan fingerprint density at radius 3 is 2.10 bits per heavy atom. The maximum atomic E-state index is 13.8. The lowest BCUT2D eigenvalue weighted by molar-refractivity contribution is -0.141. The second kappa shape index (κ2) is 14.1. The molecular weight excluding hydrogens is 529 g/mol. The van der Waals surface area contributed by atoms with E-state index in [-0.39, 0.29) is 43.8 Å². The lowest BCUT2D eigenvalue weighted by Gasteiger charge is -2.32. The molecule has 214 valence electrons. The first-order chi connectivity index (χ1) is 18.9. The monoisotopic (exact) mass is 567 g/mol. The normalized spacial score (nSPS) is 12.2. The van der Waals surface area contributed by atoms with Gasteiger partial charge in [0.25, 0.3) is 0 Å². The number of carbonyl (C=O) groups is 2. The molecule has 0 spiro atoms. The van der Waals surface area contributed by atoms with Crippen molar-refractivity contribution in [1.82, 2.24) is 10.2 Å².